The predicted molar refractivity (Wildman–Crippen MR) is 67.6 cm³/mol. The molecule has 1 aromatic carbocycles. The molecule has 1 aliphatic rings. The van der Waals surface area contributed by atoms with E-state index >= 15 is 0 Å². The van der Waals surface area contributed by atoms with E-state index in [-0.39, 0.29) is 17.9 Å². The summed E-state index contributed by atoms with van der Waals surface area (Å²) in [6.07, 6.45) is -4.83. The molecule has 21 heavy (non-hydrogen) atoms. The maximum absolute atomic E-state index is 12.5. The van der Waals surface area contributed by atoms with Gasteiger partial charge < -0.3 is 10.4 Å². The van der Waals surface area contributed by atoms with Crippen LogP contribution in [-0.4, -0.2) is 23.2 Å². The van der Waals surface area contributed by atoms with Gasteiger partial charge in [-0.3, -0.25) is 4.79 Å². The maximum atomic E-state index is 12.5. The number of hydrogen-bond donors (Lipinski definition) is 2. The van der Waals surface area contributed by atoms with Crippen LogP contribution < -0.4 is 5.32 Å². The van der Waals surface area contributed by atoms with E-state index in [1.54, 1.807) is 23.5 Å². The molecule has 0 aromatic heterocycles. The summed E-state index contributed by atoms with van der Waals surface area (Å²) in [5.74, 6) is -3.70. The SMILES string of the molecule is CC1CCC(NC(=O)C(F)(F)F)(C(=O)O)c2ccccc21. The minimum Gasteiger partial charge on any atom is -0.479 e. The molecule has 2 unspecified atom stereocenters. The number of alkyl halides is 3. The molecule has 0 saturated carbocycles. The van der Waals surface area contributed by atoms with Crippen LogP contribution in [0.4, 0.5) is 13.2 Å². The number of halogens is 3. The highest BCUT2D eigenvalue weighted by Gasteiger charge is 2.51. The summed E-state index contributed by atoms with van der Waals surface area (Å²) in [5, 5.41) is 11.1. The van der Waals surface area contributed by atoms with Crippen molar-refractivity contribution in [2.75, 3.05) is 0 Å². The van der Waals surface area contributed by atoms with E-state index in [9.17, 15) is 27.9 Å². The monoisotopic (exact) mass is 301 g/mol. The van der Waals surface area contributed by atoms with E-state index < -0.39 is 23.6 Å². The molecule has 0 saturated heterocycles. The average molecular weight is 301 g/mol. The maximum Gasteiger partial charge on any atom is 0.471 e. The molecule has 2 rings (SSSR count). The minimum atomic E-state index is -5.12. The summed E-state index contributed by atoms with van der Waals surface area (Å²) in [4.78, 5) is 22.9. The Labute approximate surface area is 119 Å². The Hall–Kier alpha value is -2.05. The normalized spacial score (nSPS) is 25.0. The Morgan fingerprint density at radius 3 is 2.52 bits per heavy atom. The number of hydrogen-bond acceptors (Lipinski definition) is 2. The first-order chi connectivity index (χ1) is 9.68. The molecule has 0 aliphatic heterocycles. The zero-order chi connectivity index (χ0) is 15.8. The van der Waals surface area contributed by atoms with Crippen molar-refractivity contribution >= 4 is 11.9 Å². The lowest BCUT2D eigenvalue weighted by Gasteiger charge is -2.38. The number of benzene rings is 1. The molecule has 114 valence electrons. The zero-order valence-electron chi connectivity index (χ0n) is 11.2. The van der Waals surface area contributed by atoms with Crippen molar-refractivity contribution in [3.63, 3.8) is 0 Å². The largest absolute Gasteiger partial charge is 0.479 e. The summed E-state index contributed by atoms with van der Waals surface area (Å²) in [6, 6.07) is 6.37. The number of nitrogens with one attached hydrogen (secondary N) is 1. The van der Waals surface area contributed by atoms with Crippen molar-refractivity contribution in [2.45, 2.75) is 37.4 Å². The lowest BCUT2D eigenvalue weighted by Crippen LogP contribution is -2.57. The molecular weight excluding hydrogens is 287 g/mol. The van der Waals surface area contributed by atoms with Gasteiger partial charge in [-0.05, 0) is 29.9 Å². The van der Waals surface area contributed by atoms with E-state index in [2.05, 4.69) is 0 Å². The van der Waals surface area contributed by atoms with Crippen LogP contribution in [0.1, 0.15) is 36.8 Å². The van der Waals surface area contributed by atoms with Crippen LogP contribution in [0, 0.1) is 0 Å². The zero-order valence-corrected chi connectivity index (χ0v) is 11.2. The molecular formula is C14H14F3NO3. The van der Waals surface area contributed by atoms with Gasteiger partial charge in [0.1, 0.15) is 0 Å². The van der Waals surface area contributed by atoms with Crippen LogP contribution in [0.25, 0.3) is 0 Å². The van der Waals surface area contributed by atoms with Crippen molar-refractivity contribution in [1.82, 2.24) is 5.32 Å². The average Bonchev–Trinajstić information content (AvgIpc) is 2.41. The van der Waals surface area contributed by atoms with Gasteiger partial charge in [-0.1, -0.05) is 31.2 Å². The Kier molecular flexibility index (Phi) is 3.69. The number of carbonyl (C=O) groups excluding carboxylic acids is 1. The minimum absolute atomic E-state index is 0.0245. The Bertz CT molecular complexity index is 585. The summed E-state index contributed by atoms with van der Waals surface area (Å²) >= 11 is 0. The molecule has 0 radical (unpaired) electrons. The summed E-state index contributed by atoms with van der Waals surface area (Å²) < 4.78 is 37.5. The number of carboxylic acid groups (broad SMARTS) is 1. The fourth-order valence-electron chi connectivity index (χ4n) is 2.71. The molecule has 1 amide bonds. The molecule has 0 heterocycles. The molecule has 0 bridgehead atoms. The van der Waals surface area contributed by atoms with E-state index in [0.29, 0.717) is 12.0 Å². The summed E-state index contributed by atoms with van der Waals surface area (Å²) in [7, 11) is 0. The number of amides is 1. The third kappa shape index (κ3) is 2.59. The number of aliphatic carboxylic acids is 1. The summed E-state index contributed by atoms with van der Waals surface area (Å²) in [5.41, 5.74) is -1.17. The number of carboxylic acids is 1. The van der Waals surface area contributed by atoms with Gasteiger partial charge in [0, 0.05) is 0 Å². The smallest absolute Gasteiger partial charge is 0.471 e. The van der Waals surface area contributed by atoms with Crippen LogP contribution in [0.15, 0.2) is 24.3 Å². The fraction of sp³-hybridized carbons (Fsp3) is 0.429. The van der Waals surface area contributed by atoms with Crippen LogP contribution in [-0.2, 0) is 15.1 Å². The summed E-state index contributed by atoms with van der Waals surface area (Å²) in [6.45, 7) is 1.87. The van der Waals surface area contributed by atoms with Gasteiger partial charge in [0.25, 0.3) is 0 Å². The number of fused-ring (bicyclic) bond motifs is 1. The van der Waals surface area contributed by atoms with Crippen molar-refractivity contribution < 1.29 is 27.9 Å². The highest BCUT2D eigenvalue weighted by atomic mass is 19.4. The first kappa shape index (κ1) is 15.3. The second-order valence-corrected chi connectivity index (χ2v) is 5.19. The van der Waals surface area contributed by atoms with E-state index in [4.69, 9.17) is 0 Å². The van der Waals surface area contributed by atoms with Crippen molar-refractivity contribution in [1.29, 1.82) is 0 Å². The van der Waals surface area contributed by atoms with Crippen molar-refractivity contribution in [3.05, 3.63) is 35.4 Å². The Morgan fingerprint density at radius 1 is 1.33 bits per heavy atom. The second-order valence-electron chi connectivity index (χ2n) is 5.19. The fourth-order valence-corrected chi connectivity index (χ4v) is 2.71. The van der Waals surface area contributed by atoms with Crippen LogP contribution >= 0.6 is 0 Å². The standard InChI is InChI=1S/C14H14F3NO3/c1-8-6-7-13(12(20)21,18-11(19)14(15,16)17)10-5-3-2-4-9(8)10/h2-5,8H,6-7H2,1H3,(H,18,19)(H,20,21). The number of rotatable bonds is 2. The molecule has 4 nitrogen and oxygen atoms in total. The van der Waals surface area contributed by atoms with Gasteiger partial charge in [0.15, 0.2) is 5.54 Å². The van der Waals surface area contributed by atoms with Crippen LogP contribution in [0.5, 0.6) is 0 Å². The highest BCUT2D eigenvalue weighted by Crippen LogP contribution is 2.41. The molecule has 7 heteroatoms. The van der Waals surface area contributed by atoms with Gasteiger partial charge in [0.2, 0.25) is 0 Å². The van der Waals surface area contributed by atoms with Gasteiger partial charge in [-0.15, -0.1) is 0 Å². The topological polar surface area (TPSA) is 66.4 Å². The van der Waals surface area contributed by atoms with Gasteiger partial charge in [-0.2, -0.15) is 13.2 Å². The molecule has 1 aromatic rings. The van der Waals surface area contributed by atoms with Crippen molar-refractivity contribution in [2.24, 2.45) is 0 Å². The number of carbonyl (C=O) groups is 2. The molecule has 2 atom stereocenters. The second kappa shape index (κ2) is 5.05. The van der Waals surface area contributed by atoms with E-state index in [1.165, 1.54) is 6.07 Å². The van der Waals surface area contributed by atoms with Crippen molar-refractivity contribution in [3.8, 4) is 0 Å². The Morgan fingerprint density at radius 2 is 1.95 bits per heavy atom. The lowest BCUT2D eigenvalue weighted by atomic mass is 9.72. The first-order valence-corrected chi connectivity index (χ1v) is 6.40. The van der Waals surface area contributed by atoms with Gasteiger partial charge >= 0.3 is 18.1 Å². The third-order valence-corrected chi connectivity index (χ3v) is 3.85. The lowest BCUT2D eigenvalue weighted by molar-refractivity contribution is -0.178. The molecule has 2 N–H and O–H groups in total. The van der Waals surface area contributed by atoms with E-state index in [0.717, 1.165) is 0 Å². The van der Waals surface area contributed by atoms with E-state index in [1.807, 2.05) is 6.92 Å². The highest BCUT2D eigenvalue weighted by molar-refractivity contribution is 5.91. The Balaban J connectivity index is 2.52. The quantitative estimate of drug-likeness (QED) is 0.882. The van der Waals surface area contributed by atoms with Crippen LogP contribution in [0.3, 0.4) is 0 Å². The third-order valence-electron chi connectivity index (χ3n) is 3.85. The first-order valence-electron chi connectivity index (χ1n) is 6.40. The molecule has 0 fully saturated rings. The van der Waals surface area contributed by atoms with Gasteiger partial charge in [0.05, 0.1) is 0 Å². The van der Waals surface area contributed by atoms with Gasteiger partial charge in [-0.25, -0.2) is 4.79 Å². The molecule has 0 spiro atoms. The van der Waals surface area contributed by atoms with Crippen LogP contribution in [0.2, 0.25) is 0 Å². The molecule has 1 aliphatic carbocycles. The predicted octanol–water partition coefficient (Wildman–Crippen LogP) is 2.54.